The van der Waals surface area contributed by atoms with Crippen LogP contribution in [0.2, 0.25) is 0 Å². The molecule has 2 rings (SSSR count). The van der Waals surface area contributed by atoms with Gasteiger partial charge in [-0.25, -0.2) is 0 Å². The fraction of sp³-hybridized carbons (Fsp3) is 0.364. The van der Waals surface area contributed by atoms with E-state index < -0.39 is 0 Å². The molecule has 1 aromatic carbocycles. The number of carbonyl (C=O) groups is 1. The second-order valence-corrected chi connectivity index (χ2v) is 3.69. The van der Waals surface area contributed by atoms with E-state index in [-0.39, 0.29) is 5.54 Å². The number of rotatable bonds is 2. The van der Waals surface area contributed by atoms with Crippen LogP contribution < -0.4 is 10.1 Å². The average Bonchev–Trinajstić information content (AvgIpc) is 2.19. The maximum absolute atomic E-state index is 10.5. The molecule has 1 aliphatic heterocycles. The van der Waals surface area contributed by atoms with Gasteiger partial charge in [-0.3, -0.25) is 4.79 Å². The Morgan fingerprint density at radius 1 is 1.50 bits per heavy atom. The summed E-state index contributed by atoms with van der Waals surface area (Å²) in [6, 6.07) is 7.81. The molecule has 1 heterocycles. The summed E-state index contributed by atoms with van der Waals surface area (Å²) in [6.07, 6.45) is 1.56. The fourth-order valence-corrected chi connectivity index (χ4v) is 1.83. The van der Waals surface area contributed by atoms with Crippen molar-refractivity contribution in [3.63, 3.8) is 0 Å². The van der Waals surface area contributed by atoms with Crippen LogP contribution in [0.4, 0.5) is 0 Å². The topological polar surface area (TPSA) is 38.3 Å². The number of fused-ring (bicyclic) bond motifs is 1. The van der Waals surface area contributed by atoms with Crippen molar-refractivity contribution < 1.29 is 9.53 Å². The second-order valence-electron chi connectivity index (χ2n) is 3.69. The zero-order valence-electron chi connectivity index (χ0n) is 8.12. The van der Waals surface area contributed by atoms with Gasteiger partial charge >= 0.3 is 0 Å². The van der Waals surface area contributed by atoms with E-state index in [1.807, 2.05) is 31.2 Å². The molecule has 1 aliphatic rings. The lowest BCUT2D eigenvalue weighted by Crippen LogP contribution is -2.42. The predicted octanol–water partition coefficient (Wildman–Crippen LogP) is 1.43. The van der Waals surface area contributed by atoms with Gasteiger partial charge in [-0.15, -0.1) is 0 Å². The van der Waals surface area contributed by atoms with Crippen LogP contribution in [0.25, 0.3) is 0 Å². The van der Waals surface area contributed by atoms with Crippen LogP contribution in [0.15, 0.2) is 24.3 Å². The Labute approximate surface area is 83.1 Å². The highest BCUT2D eigenvalue weighted by Gasteiger charge is 2.32. The van der Waals surface area contributed by atoms with E-state index in [2.05, 4.69) is 5.32 Å². The third-order valence-corrected chi connectivity index (χ3v) is 2.72. The SMILES string of the molecule is CC1(NC=O)CCOc2ccccc21. The van der Waals surface area contributed by atoms with Gasteiger partial charge in [0.1, 0.15) is 5.75 Å². The number of ether oxygens (including phenoxy) is 1. The summed E-state index contributed by atoms with van der Waals surface area (Å²) in [6.45, 7) is 2.66. The zero-order valence-corrected chi connectivity index (χ0v) is 8.12. The summed E-state index contributed by atoms with van der Waals surface area (Å²) >= 11 is 0. The molecule has 1 unspecified atom stereocenters. The van der Waals surface area contributed by atoms with Gasteiger partial charge in [0.25, 0.3) is 0 Å². The molecule has 0 spiro atoms. The van der Waals surface area contributed by atoms with Gasteiger partial charge in [0.05, 0.1) is 12.1 Å². The lowest BCUT2D eigenvalue weighted by molar-refractivity contribution is -0.111. The quantitative estimate of drug-likeness (QED) is 0.718. The molecule has 0 radical (unpaired) electrons. The molecule has 74 valence electrons. The minimum absolute atomic E-state index is 0.281. The molecule has 3 heteroatoms. The molecule has 0 fully saturated rings. The summed E-state index contributed by atoms with van der Waals surface area (Å²) in [7, 11) is 0. The fourth-order valence-electron chi connectivity index (χ4n) is 1.83. The van der Waals surface area contributed by atoms with Crippen LogP contribution in [-0.2, 0) is 10.3 Å². The lowest BCUT2D eigenvalue weighted by Gasteiger charge is -2.35. The normalized spacial score (nSPS) is 24.6. The summed E-state index contributed by atoms with van der Waals surface area (Å²) in [5.41, 5.74) is 0.773. The Morgan fingerprint density at radius 3 is 3.07 bits per heavy atom. The number of hydrogen-bond acceptors (Lipinski definition) is 2. The average molecular weight is 191 g/mol. The van der Waals surface area contributed by atoms with Crippen LogP contribution in [0.3, 0.4) is 0 Å². The molecule has 0 aliphatic carbocycles. The van der Waals surface area contributed by atoms with Crippen LogP contribution >= 0.6 is 0 Å². The van der Waals surface area contributed by atoms with Crippen molar-refractivity contribution in [1.29, 1.82) is 0 Å². The number of hydrogen-bond donors (Lipinski definition) is 1. The van der Waals surface area contributed by atoms with Crippen molar-refractivity contribution in [1.82, 2.24) is 5.32 Å². The summed E-state index contributed by atoms with van der Waals surface area (Å²) in [5, 5.41) is 2.86. The minimum Gasteiger partial charge on any atom is -0.493 e. The third kappa shape index (κ3) is 1.35. The van der Waals surface area contributed by atoms with Gasteiger partial charge in [0.15, 0.2) is 0 Å². The largest absolute Gasteiger partial charge is 0.493 e. The first-order valence-corrected chi connectivity index (χ1v) is 4.70. The van der Waals surface area contributed by atoms with Crippen LogP contribution in [0.1, 0.15) is 18.9 Å². The van der Waals surface area contributed by atoms with Crippen molar-refractivity contribution in [2.45, 2.75) is 18.9 Å². The molecule has 0 saturated heterocycles. The van der Waals surface area contributed by atoms with Crippen LogP contribution in [0, 0.1) is 0 Å². The molecule has 0 bridgehead atoms. The van der Waals surface area contributed by atoms with E-state index in [1.165, 1.54) is 0 Å². The predicted molar refractivity (Wildman–Crippen MR) is 53.1 cm³/mol. The second kappa shape index (κ2) is 3.33. The summed E-state index contributed by atoms with van der Waals surface area (Å²) < 4.78 is 5.51. The highest BCUT2D eigenvalue weighted by atomic mass is 16.5. The van der Waals surface area contributed by atoms with E-state index in [9.17, 15) is 4.79 Å². The van der Waals surface area contributed by atoms with Crippen molar-refractivity contribution in [3.8, 4) is 5.75 Å². The number of carbonyl (C=O) groups excluding carboxylic acids is 1. The van der Waals surface area contributed by atoms with Gasteiger partial charge in [-0.1, -0.05) is 18.2 Å². The molecule has 1 atom stereocenters. The van der Waals surface area contributed by atoms with Crippen LogP contribution in [-0.4, -0.2) is 13.0 Å². The molecular weight excluding hydrogens is 178 g/mol. The number of amides is 1. The maximum Gasteiger partial charge on any atom is 0.207 e. The Balaban J connectivity index is 2.44. The monoisotopic (exact) mass is 191 g/mol. The number of para-hydroxylation sites is 1. The van der Waals surface area contributed by atoms with Crippen molar-refractivity contribution in [2.24, 2.45) is 0 Å². The lowest BCUT2D eigenvalue weighted by atomic mass is 9.87. The summed E-state index contributed by atoms with van der Waals surface area (Å²) in [4.78, 5) is 10.5. The van der Waals surface area contributed by atoms with Crippen molar-refractivity contribution >= 4 is 6.41 Å². The molecular formula is C11H13NO2. The Bertz CT molecular complexity index is 351. The van der Waals surface area contributed by atoms with E-state index in [0.717, 1.165) is 24.1 Å². The Hall–Kier alpha value is -1.51. The third-order valence-electron chi connectivity index (χ3n) is 2.72. The molecule has 0 saturated carbocycles. The molecule has 1 amide bonds. The number of benzene rings is 1. The van der Waals surface area contributed by atoms with Gasteiger partial charge in [-0.2, -0.15) is 0 Å². The van der Waals surface area contributed by atoms with E-state index >= 15 is 0 Å². The van der Waals surface area contributed by atoms with Crippen LogP contribution in [0.5, 0.6) is 5.75 Å². The molecule has 1 aromatic rings. The smallest absolute Gasteiger partial charge is 0.207 e. The molecule has 3 nitrogen and oxygen atoms in total. The zero-order chi connectivity index (χ0) is 10.0. The van der Waals surface area contributed by atoms with Crippen molar-refractivity contribution in [2.75, 3.05) is 6.61 Å². The number of nitrogens with one attached hydrogen (secondary N) is 1. The molecule has 14 heavy (non-hydrogen) atoms. The molecule has 1 N–H and O–H groups in total. The van der Waals surface area contributed by atoms with Gasteiger partial charge in [-0.05, 0) is 13.0 Å². The van der Waals surface area contributed by atoms with Gasteiger partial charge in [0.2, 0.25) is 6.41 Å². The highest BCUT2D eigenvalue weighted by Crippen LogP contribution is 2.35. The Morgan fingerprint density at radius 2 is 2.29 bits per heavy atom. The van der Waals surface area contributed by atoms with E-state index in [4.69, 9.17) is 4.74 Å². The first-order chi connectivity index (χ1) is 6.76. The maximum atomic E-state index is 10.5. The van der Waals surface area contributed by atoms with Gasteiger partial charge in [0, 0.05) is 12.0 Å². The first-order valence-electron chi connectivity index (χ1n) is 4.70. The van der Waals surface area contributed by atoms with E-state index in [0.29, 0.717) is 6.61 Å². The first kappa shape index (κ1) is 9.06. The highest BCUT2D eigenvalue weighted by molar-refractivity contribution is 5.52. The summed E-state index contributed by atoms with van der Waals surface area (Å²) in [5.74, 6) is 0.871. The standard InChI is InChI=1S/C11H13NO2/c1-11(12-8-13)6-7-14-10-5-3-2-4-9(10)11/h2-5,8H,6-7H2,1H3,(H,12,13). The van der Waals surface area contributed by atoms with Crippen molar-refractivity contribution in [3.05, 3.63) is 29.8 Å². The molecule has 0 aromatic heterocycles. The van der Waals surface area contributed by atoms with E-state index in [1.54, 1.807) is 0 Å². The Kier molecular flexibility index (Phi) is 2.15. The van der Waals surface area contributed by atoms with Gasteiger partial charge < -0.3 is 10.1 Å². The minimum atomic E-state index is -0.281.